The van der Waals surface area contributed by atoms with Crippen molar-refractivity contribution >= 4 is 29.9 Å². The molecule has 17 heavy (non-hydrogen) atoms. The molecule has 0 aromatic carbocycles. The van der Waals surface area contributed by atoms with Crippen molar-refractivity contribution in [1.82, 2.24) is 15.8 Å². The lowest BCUT2D eigenvalue weighted by molar-refractivity contribution is 0.410. The molecule has 1 aromatic rings. The Morgan fingerprint density at radius 1 is 1.41 bits per heavy atom. The van der Waals surface area contributed by atoms with Crippen molar-refractivity contribution in [3.63, 3.8) is 0 Å². The fourth-order valence-corrected chi connectivity index (χ4v) is 1.31. The van der Waals surface area contributed by atoms with Crippen LogP contribution in [0.5, 0.6) is 0 Å². The van der Waals surface area contributed by atoms with Crippen LogP contribution in [0.1, 0.15) is 31.9 Å². The summed E-state index contributed by atoms with van der Waals surface area (Å²) in [5.74, 6) is 0.805. The molecule has 98 valence electrons. The Bertz CT molecular complexity index is 300. The molecule has 0 unspecified atom stereocenters. The van der Waals surface area contributed by atoms with E-state index in [9.17, 15) is 0 Å². The van der Waals surface area contributed by atoms with E-state index in [0.717, 1.165) is 18.2 Å². The lowest BCUT2D eigenvalue weighted by atomic mass is 10.2. The van der Waals surface area contributed by atoms with Crippen LogP contribution in [0.4, 0.5) is 0 Å². The summed E-state index contributed by atoms with van der Waals surface area (Å²) in [5.41, 5.74) is 0.872. The number of guanidine groups is 1. The third-order valence-corrected chi connectivity index (χ3v) is 2.22. The lowest BCUT2D eigenvalue weighted by Gasteiger charge is -2.10. The van der Waals surface area contributed by atoms with Crippen molar-refractivity contribution < 1.29 is 4.52 Å². The molecule has 0 radical (unpaired) electrons. The van der Waals surface area contributed by atoms with Crippen molar-refractivity contribution in [2.24, 2.45) is 4.99 Å². The molecular weight excluding hydrogens is 331 g/mol. The number of hydrogen-bond acceptors (Lipinski definition) is 3. The second-order valence-corrected chi connectivity index (χ2v) is 3.55. The Kier molecular flexibility index (Phi) is 9.89. The summed E-state index contributed by atoms with van der Waals surface area (Å²) in [6.45, 7) is 3.77. The average Bonchev–Trinajstić information content (AvgIpc) is 2.81. The van der Waals surface area contributed by atoms with Gasteiger partial charge in [-0.1, -0.05) is 24.9 Å². The molecular formula is C11H21IN4O. The zero-order valence-corrected chi connectivity index (χ0v) is 12.7. The van der Waals surface area contributed by atoms with Gasteiger partial charge >= 0.3 is 0 Å². The first-order chi connectivity index (χ1) is 7.86. The monoisotopic (exact) mass is 352 g/mol. The number of aliphatic imine (C=N–C) groups is 1. The summed E-state index contributed by atoms with van der Waals surface area (Å²) in [6.07, 6.45) is 5.20. The highest BCUT2D eigenvalue weighted by atomic mass is 127. The smallest absolute Gasteiger partial charge is 0.191 e. The van der Waals surface area contributed by atoms with Crippen LogP contribution in [-0.4, -0.2) is 24.7 Å². The quantitative estimate of drug-likeness (QED) is 0.356. The summed E-state index contributed by atoms with van der Waals surface area (Å²) in [6, 6.07) is 1.83. The number of nitrogens with zero attached hydrogens (tertiary/aromatic N) is 2. The lowest BCUT2D eigenvalue weighted by Crippen LogP contribution is -2.37. The Balaban J connectivity index is 0.00000256. The van der Waals surface area contributed by atoms with E-state index in [1.54, 1.807) is 13.3 Å². The van der Waals surface area contributed by atoms with Crippen LogP contribution in [0, 0.1) is 0 Å². The highest BCUT2D eigenvalue weighted by molar-refractivity contribution is 14.0. The first-order valence-electron chi connectivity index (χ1n) is 5.70. The predicted octanol–water partition coefficient (Wildman–Crippen LogP) is 2.15. The number of hydrogen-bond donors (Lipinski definition) is 2. The Morgan fingerprint density at radius 3 is 2.82 bits per heavy atom. The van der Waals surface area contributed by atoms with E-state index in [0.29, 0.717) is 6.54 Å². The van der Waals surface area contributed by atoms with Crippen molar-refractivity contribution in [3.05, 3.63) is 18.0 Å². The molecule has 2 N–H and O–H groups in total. The van der Waals surface area contributed by atoms with Gasteiger partial charge in [-0.25, -0.2) is 0 Å². The van der Waals surface area contributed by atoms with Crippen LogP contribution in [0.15, 0.2) is 21.8 Å². The maximum Gasteiger partial charge on any atom is 0.191 e. The average molecular weight is 352 g/mol. The number of unbranched alkanes of at least 4 members (excludes halogenated alkanes) is 2. The number of nitrogens with one attached hydrogen (secondary N) is 2. The minimum atomic E-state index is 0. The highest BCUT2D eigenvalue weighted by Gasteiger charge is 1.99. The molecule has 0 spiro atoms. The van der Waals surface area contributed by atoms with Crippen molar-refractivity contribution in [3.8, 4) is 0 Å². The molecule has 0 fully saturated rings. The van der Waals surface area contributed by atoms with Crippen LogP contribution in [-0.2, 0) is 6.54 Å². The van der Waals surface area contributed by atoms with Gasteiger partial charge in [0.25, 0.3) is 0 Å². The van der Waals surface area contributed by atoms with Gasteiger partial charge in [0, 0.05) is 19.7 Å². The maximum atomic E-state index is 4.74. The Hall–Kier alpha value is -0.790. The van der Waals surface area contributed by atoms with Crippen LogP contribution in [0.25, 0.3) is 0 Å². The summed E-state index contributed by atoms with van der Waals surface area (Å²) in [7, 11) is 1.76. The molecule has 6 heteroatoms. The standard InChI is InChI=1S/C11H20N4O.HI/c1-3-4-5-7-13-11(12-2)14-9-10-6-8-16-15-10;/h6,8H,3-5,7,9H2,1-2H3,(H2,12,13,14);1H. The molecule has 1 heterocycles. The van der Waals surface area contributed by atoms with Gasteiger partial charge in [0.05, 0.1) is 6.54 Å². The largest absolute Gasteiger partial charge is 0.364 e. The van der Waals surface area contributed by atoms with Gasteiger partial charge in [-0.3, -0.25) is 4.99 Å². The van der Waals surface area contributed by atoms with Crippen molar-refractivity contribution in [2.75, 3.05) is 13.6 Å². The molecule has 0 saturated heterocycles. The first kappa shape index (κ1) is 16.2. The van der Waals surface area contributed by atoms with Gasteiger partial charge < -0.3 is 15.2 Å². The Labute approximate surface area is 119 Å². The molecule has 0 atom stereocenters. The van der Waals surface area contributed by atoms with E-state index in [2.05, 4.69) is 27.7 Å². The summed E-state index contributed by atoms with van der Waals surface area (Å²) in [5, 5.41) is 10.2. The predicted molar refractivity (Wildman–Crippen MR) is 79.6 cm³/mol. The third-order valence-electron chi connectivity index (χ3n) is 2.22. The Morgan fingerprint density at radius 2 is 2.24 bits per heavy atom. The van der Waals surface area contributed by atoms with Gasteiger partial charge in [0.2, 0.25) is 0 Å². The highest BCUT2D eigenvalue weighted by Crippen LogP contribution is 1.93. The second-order valence-electron chi connectivity index (χ2n) is 3.55. The molecule has 0 amide bonds. The maximum absolute atomic E-state index is 4.74. The zero-order valence-electron chi connectivity index (χ0n) is 10.4. The van der Waals surface area contributed by atoms with E-state index >= 15 is 0 Å². The fourth-order valence-electron chi connectivity index (χ4n) is 1.31. The van der Waals surface area contributed by atoms with E-state index in [1.807, 2.05) is 6.07 Å². The molecule has 5 nitrogen and oxygen atoms in total. The van der Waals surface area contributed by atoms with Gasteiger partial charge in [-0.15, -0.1) is 24.0 Å². The van der Waals surface area contributed by atoms with Gasteiger partial charge in [0.15, 0.2) is 5.96 Å². The van der Waals surface area contributed by atoms with E-state index < -0.39 is 0 Å². The second kappa shape index (κ2) is 10.4. The summed E-state index contributed by atoms with van der Waals surface area (Å²) < 4.78 is 4.74. The molecule has 0 saturated carbocycles. The van der Waals surface area contributed by atoms with Crippen LogP contribution in [0.2, 0.25) is 0 Å². The molecule has 0 bridgehead atoms. The van der Waals surface area contributed by atoms with Crippen molar-refractivity contribution in [2.45, 2.75) is 32.7 Å². The number of halogens is 1. The minimum absolute atomic E-state index is 0. The van der Waals surface area contributed by atoms with E-state index in [1.165, 1.54) is 19.3 Å². The topological polar surface area (TPSA) is 62.5 Å². The summed E-state index contributed by atoms with van der Waals surface area (Å²) >= 11 is 0. The van der Waals surface area contributed by atoms with Crippen LogP contribution >= 0.6 is 24.0 Å². The van der Waals surface area contributed by atoms with Gasteiger partial charge in [-0.05, 0) is 6.42 Å². The zero-order chi connectivity index (χ0) is 11.6. The molecule has 1 aromatic heterocycles. The molecule has 1 rings (SSSR count). The summed E-state index contributed by atoms with van der Waals surface area (Å²) in [4.78, 5) is 4.12. The minimum Gasteiger partial charge on any atom is -0.364 e. The first-order valence-corrected chi connectivity index (χ1v) is 5.70. The molecule has 0 aliphatic heterocycles. The normalized spacial score (nSPS) is 10.8. The van der Waals surface area contributed by atoms with Crippen LogP contribution < -0.4 is 10.6 Å². The number of rotatable bonds is 6. The third kappa shape index (κ3) is 7.19. The SMILES string of the molecule is CCCCCNC(=NC)NCc1ccon1.I. The molecule has 0 aliphatic carbocycles. The fraction of sp³-hybridized carbons (Fsp3) is 0.636. The van der Waals surface area contributed by atoms with Crippen LogP contribution in [0.3, 0.4) is 0 Å². The van der Waals surface area contributed by atoms with Gasteiger partial charge in [0.1, 0.15) is 12.0 Å². The van der Waals surface area contributed by atoms with Crippen molar-refractivity contribution in [1.29, 1.82) is 0 Å². The van der Waals surface area contributed by atoms with E-state index in [4.69, 9.17) is 4.52 Å². The van der Waals surface area contributed by atoms with E-state index in [-0.39, 0.29) is 24.0 Å². The van der Waals surface area contributed by atoms with Gasteiger partial charge in [-0.2, -0.15) is 0 Å². The number of aromatic nitrogens is 1. The molecule has 0 aliphatic rings.